The normalized spacial score (nSPS) is 10.2. The van der Waals surface area contributed by atoms with E-state index in [0.717, 1.165) is 17.4 Å². The molecule has 0 aliphatic heterocycles. The molecule has 0 fully saturated rings. The van der Waals surface area contributed by atoms with Gasteiger partial charge in [0.25, 0.3) is 0 Å². The fraction of sp³-hybridized carbons (Fsp3) is 0.833. The number of nitrogens with two attached hydrogens (primary N) is 1. The second-order valence-electron chi connectivity index (χ2n) is 4.02. The number of primary amides is 1. The Morgan fingerprint density at radius 2 is 1.76 bits per heavy atom. The van der Waals surface area contributed by atoms with E-state index in [1.807, 2.05) is 0 Å². The summed E-state index contributed by atoms with van der Waals surface area (Å²) in [7, 11) is 0. The van der Waals surface area contributed by atoms with Crippen molar-refractivity contribution >= 4 is 34.2 Å². The topological polar surface area (TPSA) is 46.3 Å². The van der Waals surface area contributed by atoms with Gasteiger partial charge in [0.05, 0.1) is 0 Å². The molecule has 0 saturated carbocycles. The summed E-state index contributed by atoms with van der Waals surface area (Å²) < 4.78 is 0.910. The number of hydrogen-bond acceptors (Lipinski definition) is 3. The maximum atomic E-state index is 10.6. The molecule has 0 aromatic heterocycles. The van der Waals surface area contributed by atoms with Crippen LogP contribution in [0.2, 0.25) is 0 Å². The first kappa shape index (κ1) is 16.7. The molecule has 0 heterocycles. The summed E-state index contributed by atoms with van der Waals surface area (Å²) in [6, 6.07) is 0. The second-order valence-corrected chi connectivity index (χ2v) is 5.75. The van der Waals surface area contributed by atoms with E-state index in [2.05, 4.69) is 18.7 Å². The molecule has 0 aromatic carbocycles. The number of nitrogens with zero attached hydrogens (tertiary/aromatic N) is 1. The third kappa shape index (κ3) is 9.41. The van der Waals surface area contributed by atoms with Crippen LogP contribution in [0.4, 0.5) is 0 Å². The van der Waals surface area contributed by atoms with Gasteiger partial charge in [-0.2, -0.15) is 0 Å². The van der Waals surface area contributed by atoms with E-state index in [1.165, 1.54) is 25.7 Å². The van der Waals surface area contributed by atoms with Gasteiger partial charge in [-0.1, -0.05) is 50.7 Å². The number of hydrogen-bond donors (Lipinski definition) is 1. The fourth-order valence-corrected chi connectivity index (χ4v) is 2.60. The number of rotatable bonds is 9. The van der Waals surface area contributed by atoms with Crippen molar-refractivity contribution in [3.8, 4) is 0 Å². The van der Waals surface area contributed by atoms with Gasteiger partial charge in [0, 0.05) is 25.3 Å². The van der Waals surface area contributed by atoms with Crippen LogP contribution in [0.25, 0.3) is 0 Å². The first-order valence-electron chi connectivity index (χ1n) is 6.31. The van der Waals surface area contributed by atoms with Crippen LogP contribution >= 0.6 is 24.0 Å². The third-order valence-electron chi connectivity index (χ3n) is 2.40. The molecule has 0 atom stereocenters. The molecular formula is C12H24N2OS2. The Balaban J connectivity index is 3.97. The lowest BCUT2D eigenvalue weighted by Crippen LogP contribution is -2.30. The van der Waals surface area contributed by atoms with Gasteiger partial charge < -0.3 is 10.6 Å². The SMILES string of the molecule is CCCCN(CCCC)C(=S)SCCC(N)=O. The summed E-state index contributed by atoms with van der Waals surface area (Å²) in [4.78, 5) is 12.9. The van der Waals surface area contributed by atoms with Gasteiger partial charge in [0.15, 0.2) is 0 Å². The molecule has 5 heteroatoms. The summed E-state index contributed by atoms with van der Waals surface area (Å²) in [5, 5.41) is 0. The highest BCUT2D eigenvalue weighted by molar-refractivity contribution is 8.22. The van der Waals surface area contributed by atoms with Gasteiger partial charge >= 0.3 is 0 Å². The molecule has 0 spiro atoms. The average molecular weight is 276 g/mol. The molecule has 0 bridgehead atoms. The quantitative estimate of drug-likeness (QED) is 0.658. The highest BCUT2D eigenvalue weighted by atomic mass is 32.2. The minimum atomic E-state index is -0.256. The first-order valence-corrected chi connectivity index (χ1v) is 7.71. The molecule has 17 heavy (non-hydrogen) atoms. The second kappa shape index (κ2) is 10.8. The standard InChI is InChI=1S/C12H24N2OS2/c1-3-5-8-14(9-6-4-2)12(16)17-10-7-11(13)15/h3-10H2,1-2H3,(H2,13,15). The molecule has 0 aliphatic carbocycles. The molecule has 0 aromatic rings. The number of amides is 1. The van der Waals surface area contributed by atoms with Crippen LogP contribution in [0.1, 0.15) is 46.0 Å². The van der Waals surface area contributed by atoms with Crippen LogP contribution in [-0.2, 0) is 4.79 Å². The van der Waals surface area contributed by atoms with Crippen molar-refractivity contribution in [1.29, 1.82) is 0 Å². The Hall–Kier alpha value is -0.290. The predicted octanol–water partition coefficient (Wildman–Crippen LogP) is 2.78. The molecule has 0 saturated heterocycles. The molecule has 0 rings (SSSR count). The molecule has 0 aliphatic rings. The van der Waals surface area contributed by atoms with Gasteiger partial charge in [-0.05, 0) is 12.8 Å². The average Bonchev–Trinajstić information content (AvgIpc) is 2.28. The van der Waals surface area contributed by atoms with Crippen LogP contribution in [0.3, 0.4) is 0 Å². The lowest BCUT2D eigenvalue weighted by Gasteiger charge is -2.24. The molecule has 0 radical (unpaired) electrons. The molecule has 3 nitrogen and oxygen atoms in total. The van der Waals surface area contributed by atoms with E-state index >= 15 is 0 Å². The highest BCUT2D eigenvalue weighted by Crippen LogP contribution is 2.12. The molecule has 0 unspecified atom stereocenters. The van der Waals surface area contributed by atoms with Crippen LogP contribution in [0.5, 0.6) is 0 Å². The Morgan fingerprint density at radius 3 is 2.18 bits per heavy atom. The van der Waals surface area contributed by atoms with Crippen LogP contribution in [0, 0.1) is 0 Å². The largest absolute Gasteiger partial charge is 0.370 e. The highest BCUT2D eigenvalue weighted by Gasteiger charge is 2.09. The summed E-state index contributed by atoms with van der Waals surface area (Å²) in [6.07, 6.45) is 5.09. The van der Waals surface area contributed by atoms with Crippen molar-refractivity contribution in [1.82, 2.24) is 4.90 Å². The molecule has 100 valence electrons. The van der Waals surface area contributed by atoms with Gasteiger partial charge in [0.1, 0.15) is 4.32 Å². The van der Waals surface area contributed by atoms with E-state index < -0.39 is 0 Å². The van der Waals surface area contributed by atoms with Crippen molar-refractivity contribution in [2.24, 2.45) is 5.73 Å². The Kier molecular flexibility index (Phi) is 10.7. The Bertz CT molecular complexity index is 227. The van der Waals surface area contributed by atoms with E-state index in [9.17, 15) is 4.79 Å². The number of unbranched alkanes of at least 4 members (excludes halogenated alkanes) is 2. The van der Waals surface area contributed by atoms with E-state index in [4.69, 9.17) is 18.0 Å². The number of thioether (sulfide) groups is 1. The van der Waals surface area contributed by atoms with Crippen molar-refractivity contribution in [2.75, 3.05) is 18.8 Å². The number of carbonyl (C=O) groups excluding carboxylic acids is 1. The predicted molar refractivity (Wildman–Crippen MR) is 80.3 cm³/mol. The summed E-state index contributed by atoms with van der Waals surface area (Å²) in [5.74, 6) is 0.442. The minimum absolute atomic E-state index is 0.256. The van der Waals surface area contributed by atoms with E-state index in [0.29, 0.717) is 12.2 Å². The van der Waals surface area contributed by atoms with Crippen molar-refractivity contribution in [3.05, 3.63) is 0 Å². The van der Waals surface area contributed by atoms with Crippen LogP contribution in [-0.4, -0.2) is 34.0 Å². The minimum Gasteiger partial charge on any atom is -0.370 e. The van der Waals surface area contributed by atoms with Crippen LogP contribution in [0.15, 0.2) is 0 Å². The Morgan fingerprint density at radius 1 is 1.24 bits per heavy atom. The Labute approximate surface area is 114 Å². The van der Waals surface area contributed by atoms with Gasteiger partial charge in [0.2, 0.25) is 5.91 Å². The van der Waals surface area contributed by atoms with Crippen molar-refractivity contribution < 1.29 is 4.79 Å². The zero-order valence-electron chi connectivity index (χ0n) is 10.9. The lowest BCUT2D eigenvalue weighted by molar-refractivity contribution is -0.117. The number of carbonyl (C=O) groups is 1. The lowest BCUT2D eigenvalue weighted by atomic mass is 10.3. The maximum absolute atomic E-state index is 10.6. The van der Waals surface area contributed by atoms with Crippen molar-refractivity contribution in [3.63, 3.8) is 0 Å². The van der Waals surface area contributed by atoms with Gasteiger partial charge in [-0.3, -0.25) is 4.79 Å². The third-order valence-corrected chi connectivity index (χ3v) is 3.92. The monoisotopic (exact) mass is 276 g/mol. The molecule has 1 amide bonds. The zero-order valence-corrected chi connectivity index (χ0v) is 12.5. The van der Waals surface area contributed by atoms with Crippen LogP contribution < -0.4 is 5.73 Å². The first-order chi connectivity index (χ1) is 8.11. The smallest absolute Gasteiger partial charge is 0.218 e. The summed E-state index contributed by atoms with van der Waals surface area (Å²) in [6.45, 7) is 6.42. The summed E-state index contributed by atoms with van der Waals surface area (Å²) in [5.41, 5.74) is 5.11. The maximum Gasteiger partial charge on any atom is 0.218 e. The van der Waals surface area contributed by atoms with Gasteiger partial charge in [-0.15, -0.1) is 0 Å². The van der Waals surface area contributed by atoms with Crippen molar-refractivity contribution in [2.45, 2.75) is 46.0 Å². The summed E-state index contributed by atoms with van der Waals surface area (Å²) >= 11 is 6.96. The van der Waals surface area contributed by atoms with E-state index in [-0.39, 0.29) is 5.91 Å². The van der Waals surface area contributed by atoms with E-state index in [1.54, 1.807) is 11.8 Å². The zero-order chi connectivity index (χ0) is 13.1. The molecular weight excluding hydrogens is 252 g/mol. The van der Waals surface area contributed by atoms with Gasteiger partial charge in [-0.25, -0.2) is 0 Å². The molecule has 2 N–H and O–H groups in total. The fourth-order valence-electron chi connectivity index (χ4n) is 1.32. The number of thiocarbonyl (C=S) groups is 1.